The standard InChI is InChI=1S/C9H24Cl6O2Si5/c1-18(2,3)16-20(7,17-19(4,5)6)9(22(13,14)15)8-21(10,11)12/h9H,8H2,1-7H3. The molecule has 0 heterocycles. The first kappa shape index (κ1) is 24.7. The van der Waals surface area contributed by atoms with E-state index in [1.807, 2.05) is 6.55 Å². The Bertz CT molecular complexity index is 357. The van der Waals surface area contributed by atoms with Crippen molar-refractivity contribution in [3.63, 3.8) is 0 Å². The average Bonchev–Trinajstić information content (AvgIpc) is 2.03. The van der Waals surface area contributed by atoms with Gasteiger partial charge >= 0.3 is 20.6 Å². The highest BCUT2D eigenvalue weighted by Crippen LogP contribution is 2.50. The maximum absolute atomic E-state index is 6.45. The predicted octanol–water partition coefficient (Wildman–Crippen LogP) is 6.98. The van der Waals surface area contributed by atoms with Crippen molar-refractivity contribution >= 4 is 104 Å². The Balaban J connectivity index is 5.84. The summed E-state index contributed by atoms with van der Waals surface area (Å²) in [4.78, 5) is 0. The van der Waals surface area contributed by atoms with Gasteiger partial charge in [0, 0.05) is 5.16 Å². The summed E-state index contributed by atoms with van der Waals surface area (Å²) in [5.74, 6) is 0. The molecular formula is C9H24Cl6O2Si5. The molecule has 1 atom stereocenters. The van der Waals surface area contributed by atoms with E-state index in [1.54, 1.807) is 0 Å². The van der Waals surface area contributed by atoms with Gasteiger partial charge in [-0.15, -0.1) is 66.5 Å². The number of hydrogen-bond acceptors (Lipinski definition) is 2. The second kappa shape index (κ2) is 8.18. The molecule has 0 spiro atoms. The van der Waals surface area contributed by atoms with E-state index in [9.17, 15) is 0 Å². The first-order chi connectivity index (χ1) is 9.25. The van der Waals surface area contributed by atoms with Crippen molar-refractivity contribution in [2.75, 3.05) is 0 Å². The summed E-state index contributed by atoms with van der Waals surface area (Å²) < 4.78 is 12.9. The molecular weight excluding hydrogens is 493 g/mol. The topological polar surface area (TPSA) is 18.5 Å². The van der Waals surface area contributed by atoms with Crippen LogP contribution in [-0.2, 0) is 8.23 Å². The van der Waals surface area contributed by atoms with Gasteiger partial charge in [0.1, 0.15) is 0 Å². The maximum atomic E-state index is 6.45. The molecule has 0 aliphatic rings. The van der Waals surface area contributed by atoms with E-state index in [-0.39, 0.29) is 6.04 Å². The van der Waals surface area contributed by atoms with Crippen molar-refractivity contribution in [1.82, 2.24) is 0 Å². The van der Waals surface area contributed by atoms with Gasteiger partial charge in [-0.1, -0.05) is 0 Å². The number of hydrogen-bond donors (Lipinski definition) is 0. The van der Waals surface area contributed by atoms with Gasteiger partial charge in [0.2, 0.25) is 0 Å². The molecule has 13 heteroatoms. The first-order valence-corrected chi connectivity index (χ1v) is 26.4. The van der Waals surface area contributed by atoms with Crippen LogP contribution in [-0.4, -0.2) is 37.2 Å². The average molecular weight is 517 g/mol. The molecule has 0 aromatic carbocycles. The van der Waals surface area contributed by atoms with Gasteiger partial charge in [0.25, 0.3) is 0 Å². The molecule has 0 fully saturated rings. The third kappa shape index (κ3) is 10.7. The quantitative estimate of drug-likeness (QED) is 0.256. The van der Waals surface area contributed by atoms with Gasteiger partial charge in [0.05, 0.1) is 0 Å². The largest absolute Gasteiger partial charge is 0.437 e. The van der Waals surface area contributed by atoms with Gasteiger partial charge in [-0.2, -0.15) is 0 Å². The van der Waals surface area contributed by atoms with E-state index in [0.29, 0.717) is 0 Å². The molecule has 0 amide bonds. The summed E-state index contributed by atoms with van der Waals surface area (Å²) in [6.07, 6.45) is 0. The zero-order valence-corrected chi connectivity index (χ0v) is 23.4. The molecule has 1 unspecified atom stereocenters. The van der Waals surface area contributed by atoms with Gasteiger partial charge < -0.3 is 8.23 Å². The van der Waals surface area contributed by atoms with Crippen LogP contribution < -0.4 is 0 Å². The second-order valence-corrected chi connectivity index (χ2v) is 38.8. The molecule has 0 aromatic rings. The van der Waals surface area contributed by atoms with Crippen LogP contribution >= 0.6 is 66.5 Å². The molecule has 0 saturated heterocycles. The highest BCUT2D eigenvalue weighted by atomic mass is 35.8. The van der Waals surface area contributed by atoms with Crippen molar-refractivity contribution in [1.29, 1.82) is 0 Å². The van der Waals surface area contributed by atoms with Gasteiger partial charge in [-0.25, -0.2) is 0 Å². The second-order valence-electron chi connectivity index (χ2n) is 7.36. The van der Waals surface area contributed by atoms with Gasteiger partial charge in [-0.05, 0) is 51.9 Å². The Morgan fingerprint density at radius 1 is 0.682 bits per heavy atom. The lowest BCUT2D eigenvalue weighted by Crippen LogP contribution is -2.59. The summed E-state index contributed by atoms with van der Waals surface area (Å²) in [6, 6.07) is -5.90. The summed E-state index contributed by atoms with van der Waals surface area (Å²) in [5, 5.41) is -0.400. The summed E-state index contributed by atoms with van der Waals surface area (Å²) in [6.45, 7) is 14.5. The summed E-state index contributed by atoms with van der Waals surface area (Å²) in [7, 11) is -6.66. The molecule has 0 bridgehead atoms. The van der Waals surface area contributed by atoms with Crippen molar-refractivity contribution in [2.45, 2.75) is 57.0 Å². The minimum absolute atomic E-state index is 0.262. The van der Waals surface area contributed by atoms with Gasteiger partial charge in [-0.3, -0.25) is 0 Å². The van der Waals surface area contributed by atoms with E-state index in [0.717, 1.165) is 0 Å². The lowest BCUT2D eigenvalue weighted by molar-refractivity contribution is 0.380. The lowest BCUT2D eigenvalue weighted by atomic mass is 10.9. The molecule has 0 aromatic heterocycles. The fraction of sp³-hybridized carbons (Fsp3) is 1.00. The Labute approximate surface area is 167 Å². The highest BCUT2D eigenvalue weighted by Gasteiger charge is 2.58. The normalized spacial score (nSPS) is 16.8. The van der Waals surface area contributed by atoms with E-state index in [4.69, 9.17) is 74.7 Å². The van der Waals surface area contributed by atoms with Crippen molar-refractivity contribution in [2.24, 2.45) is 0 Å². The van der Waals surface area contributed by atoms with E-state index >= 15 is 0 Å². The van der Waals surface area contributed by atoms with Crippen LogP contribution in [0.3, 0.4) is 0 Å². The van der Waals surface area contributed by atoms with Crippen LogP contribution in [0.25, 0.3) is 0 Å². The molecule has 0 aliphatic heterocycles. The van der Waals surface area contributed by atoms with E-state index in [2.05, 4.69) is 39.3 Å². The third-order valence-electron chi connectivity index (χ3n) is 2.48. The summed E-state index contributed by atoms with van der Waals surface area (Å²) in [5.41, 5.74) is 0. The summed E-state index contributed by atoms with van der Waals surface area (Å²) >= 11 is 37.5. The van der Waals surface area contributed by atoms with Crippen molar-refractivity contribution in [3.05, 3.63) is 0 Å². The van der Waals surface area contributed by atoms with Crippen LogP contribution in [0.1, 0.15) is 0 Å². The zero-order chi connectivity index (χ0) is 18.2. The van der Waals surface area contributed by atoms with Crippen LogP contribution in [0.15, 0.2) is 0 Å². The smallest absolute Gasteiger partial charge is 0.346 e. The molecule has 0 radical (unpaired) electrons. The molecule has 0 saturated carbocycles. The predicted molar refractivity (Wildman–Crippen MR) is 116 cm³/mol. The van der Waals surface area contributed by atoms with Crippen LogP contribution in [0.4, 0.5) is 0 Å². The van der Waals surface area contributed by atoms with E-state index < -0.39 is 42.4 Å². The first-order valence-electron chi connectivity index (χ1n) is 6.79. The zero-order valence-electron chi connectivity index (χ0n) is 13.9. The molecule has 0 rings (SSSR count). The fourth-order valence-electron chi connectivity index (χ4n) is 2.21. The Morgan fingerprint density at radius 3 is 1.18 bits per heavy atom. The highest BCUT2D eigenvalue weighted by molar-refractivity contribution is 7.69. The molecule has 0 N–H and O–H groups in total. The van der Waals surface area contributed by atoms with E-state index in [1.165, 1.54) is 0 Å². The lowest BCUT2D eigenvalue weighted by Gasteiger charge is -2.45. The Morgan fingerprint density at radius 2 is 1.00 bits per heavy atom. The molecule has 22 heavy (non-hydrogen) atoms. The van der Waals surface area contributed by atoms with Crippen LogP contribution in [0.5, 0.6) is 0 Å². The fourth-order valence-corrected chi connectivity index (χ4v) is 32.9. The number of halogens is 6. The van der Waals surface area contributed by atoms with Crippen molar-refractivity contribution < 1.29 is 8.23 Å². The Kier molecular flexibility index (Phi) is 9.20. The molecule has 134 valence electrons. The molecule has 2 nitrogen and oxygen atoms in total. The van der Waals surface area contributed by atoms with Crippen molar-refractivity contribution in [3.8, 4) is 0 Å². The van der Waals surface area contributed by atoms with Crippen LogP contribution in [0.2, 0.25) is 57.0 Å². The third-order valence-corrected chi connectivity index (χ3v) is 23.1. The minimum Gasteiger partial charge on any atom is -0.437 e. The SMILES string of the molecule is C[Si](C)(C)O[Si](C)(O[Si](C)(C)C)C(C[Si](Cl)(Cl)Cl)[Si](Cl)(Cl)Cl. The number of rotatable bonds is 8. The monoisotopic (exact) mass is 514 g/mol. The van der Waals surface area contributed by atoms with Gasteiger partial charge in [0.15, 0.2) is 16.6 Å². The Hall–Kier alpha value is 2.74. The molecule has 0 aliphatic carbocycles. The maximum Gasteiger partial charge on any atom is 0.346 e. The minimum atomic E-state index is -3.18. The van der Waals surface area contributed by atoms with Crippen LogP contribution in [0, 0.1) is 0 Å².